The molecule has 0 aliphatic rings. The van der Waals surface area contributed by atoms with Crippen molar-refractivity contribution in [3.63, 3.8) is 0 Å². The third kappa shape index (κ3) is 5.51. The molecule has 0 fully saturated rings. The largest absolute Gasteiger partial charge is 0.497 e. The van der Waals surface area contributed by atoms with Crippen LogP contribution >= 0.6 is 0 Å². The van der Waals surface area contributed by atoms with E-state index in [1.165, 1.54) is 0 Å². The first-order valence-corrected chi connectivity index (χ1v) is 12.1. The van der Waals surface area contributed by atoms with E-state index in [2.05, 4.69) is 9.97 Å². The summed E-state index contributed by atoms with van der Waals surface area (Å²) < 4.78 is 23.0. The summed E-state index contributed by atoms with van der Waals surface area (Å²) in [5, 5.41) is 0. The van der Waals surface area contributed by atoms with Gasteiger partial charge in [0, 0.05) is 35.0 Å². The molecule has 7 heteroatoms. The van der Waals surface area contributed by atoms with Crippen LogP contribution in [-0.2, 0) is 6.61 Å². The molecule has 5 aromatic rings. The SMILES string of the molecule is COc1ccc(-c2cnc3[nH]c(-c4cc(OCc5ccccc5)cc(OC(C)C)c4)nc3c2)c(OC)c1. The Morgan fingerprint density at radius 3 is 2.38 bits per heavy atom. The first-order chi connectivity index (χ1) is 18.0. The Labute approximate surface area is 216 Å². The molecule has 2 heterocycles. The van der Waals surface area contributed by atoms with Gasteiger partial charge in [-0.15, -0.1) is 0 Å². The molecular formula is C30H29N3O4. The van der Waals surface area contributed by atoms with Crippen molar-refractivity contribution in [2.24, 2.45) is 0 Å². The highest BCUT2D eigenvalue weighted by atomic mass is 16.5. The van der Waals surface area contributed by atoms with Crippen molar-refractivity contribution in [2.45, 2.75) is 26.6 Å². The minimum Gasteiger partial charge on any atom is -0.497 e. The molecule has 0 aliphatic heterocycles. The van der Waals surface area contributed by atoms with E-state index < -0.39 is 0 Å². The van der Waals surface area contributed by atoms with Crippen molar-refractivity contribution < 1.29 is 18.9 Å². The van der Waals surface area contributed by atoms with E-state index in [0.29, 0.717) is 35.3 Å². The summed E-state index contributed by atoms with van der Waals surface area (Å²) in [6.07, 6.45) is 1.83. The van der Waals surface area contributed by atoms with Gasteiger partial charge in [-0.25, -0.2) is 9.97 Å². The molecule has 188 valence electrons. The van der Waals surface area contributed by atoms with Gasteiger partial charge in [0.1, 0.15) is 40.9 Å². The number of methoxy groups -OCH3 is 2. The van der Waals surface area contributed by atoms with Crippen molar-refractivity contribution in [1.82, 2.24) is 15.0 Å². The molecule has 0 radical (unpaired) electrons. The highest BCUT2D eigenvalue weighted by Crippen LogP contribution is 2.35. The molecule has 0 aliphatic carbocycles. The van der Waals surface area contributed by atoms with Crippen LogP contribution in [0, 0.1) is 0 Å². The number of nitrogens with zero attached hydrogens (tertiary/aromatic N) is 2. The van der Waals surface area contributed by atoms with Crippen molar-refractivity contribution in [2.75, 3.05) is 14.2 Å². The van der Waals surface area contributed by atoms with Gasteiger partial charge < -0.3 is 23.9 Å². The zero-order valence-electron chi connectivity index (χ0n) is 21.3. The molecule has 3 aromatic carbocycles. The zero-order valence-corrected chi connectivity index (χ0v) is 21.3. The number of hydrogen-bond acceptors (Lipinski definition) is 6. The maximum Gasteiger partial charge on any atom is 0.157 e. The van der Waals surface area contributed by atoms with E-state index in [1.807, 2.05) is 86.6 Å². The number of fused-ring (bicyclic) bond motifs is 1. The smallest absolute Gasteiger partial charge is 0.157 e. The third-order valence-electron chi connectivity index (χ3n) is 5.83. The number of nitrogens with one attached hydrogen (secondary N) is 1. The molecule has 0 bridgehead atoms. The van der Waals surface area contributed by atoms with Crippen LogP contribution in [-0.4, -0.2) is 35.3 Å². The molecule has 1 N–H and O–H groups in total. The lowest BCUT2D eigenvalue weighted by molar-refractivity contribution is 0.239. The van der Waals surface area contributed by atoms with Gasteiger partial charge in [-0.3, -0.25) is 0 Å². The summed E-state index contributed by atoms with van der Waals surface area (Å²) >= 11 is 0. The Balaban J connectivity index is 1.49. The summed E-state index contributed by atoms with van der Waals surface area (Å²) in [4.78, 5) is 12.8. The number of pyridine rings is 1. The molecular weight excluding hydrogens is 466 g/mol. The van der Waals surface area contributed by atoms with Gasteiger partial charge in [-0.1, -0.05) is 30.3 Å². The third-order valence-corrected chi connectivity index (χ3v) is 5.83. The number of aromatic amines is 1. The van der Waals surface area contributed by atoms with E-state index in [1.54, 1.807) is 20.4 Å². The van der Waals surface area contributed by atoms with E-state index in [-0.39, 0.29) is 6.10 Å². The first kappa shape index (κ1) is 24.2. The summed E-state index contributed by atoms with van der Waals surface area (Å²) in [5.74, 6) is 3.53. The maximum atomic E-state index is 6.11. The van der Waals surface area contributed by atoms with Crippen LogP contribution in [0.1, 0.15) is 19.4 Å². The van der Waals surface area contributed by atoms with Gasteiger partial charge in [-0.2, -0.15) is 0 Å². The van der Waals surface area contributed by atoms with Crippen LogP contribution in [0.15, 0.2) is 79.0 Å². The van der Waals surface area contributed by atoms with Crippen molar-refractivity contribution in [1.29, 1.82) is 0 Å². The second kappa shape index (κ2) is 10.6. The monoisotopic (exact) mass is 495 g/mol. The summed E-state index contributed by atoms with van der Waals surface area (Å²) in [5.41, 5.74) is 5.18. The van der Waals surface area contributed by atoms with Crippen molar-refractivity contribution >= 4 is 11.2 Å². The van der Waals surface area contributed by atoms with Gasteiger partial charge in [-0.05, 0) is 49.7 Å². The lowest BCUT2D eigenvalue weighted by atomic mass is 10.1. The quantitative estimate of drug-likeness (QED) is 0.246. The number of ether oxygens (including phenoxy) is 4. The summed E-state index contributed by atoms with van der Waals surface area (Å²) in [6.45, 7) is 4.45. The Kier molecular flexibility index (Phi) is 6.94. The van der Waals surface area contributed by atoms with E-state index in [9.17, 15) is 0 Å². The molecule has 0 unspecified atom stereocenters. The van der Waals surface area contributed by atoms with Gasteiger partial charge in [0.2, 0.25) is 0 Å². The number of rotatable bonds is 9. The second-order valence-electron chi connectivity index (χ2n) is 8.88. The predicted octanol–water partition coefficient (Wildman–Crippen LogP) is 6.68. The van der Waals surface area contributed by atoms with Crippen LogP contribution in [0.3, 0.4) is 0 Å². The van der Waals surface area contributed by atoms with Crippen LogP contribution < -0.4 is 18.9 Å². The standard InChI is InChI=1S/C30H29N3O4/c1-19(2)37-25-13-21(12-24(15-25)36-18-20-8-6-5-7-9-20)29-32-27-14-22(17-31-30(27)33-29)26-11-10-23(34-3)16-28(26)35-4/h5-17,19H,18H2,1-4H3,(H,31,32,33). The van der Waals surface area contributed by atoms with Gasteiger partial charge >= 0.3 is 0 Å². The lowest BCUT2D eigenvalue weighted by Crippen LogP contribution is -2.06. The number of imidazole rings is 1. The van der Waals surface area contributed by atoms with Crippen LogP contribution in [0.2, 0.25) is 0 Å². The number of aromatic nitrogens is 3. The molecule has 0 spiro atoms. The maximum absolute atomic E-state index is 6.11. The normalized spacial score (nSPS) is 11.1. The van der Waals surface area contributed by atoms with E-state index >= 15 is 0 Å². The van der Waals surface area contributed by atoms with Crippen LogP contribution in [0.5, 0.6) is 23.0 Å². The molecule has 5 rings (SSSR count). The van der Waals surface area contributed by atoms with E-state index in [4.69, 9.17) is 23.9 Å². The first-order valence-electron chi connectivity index (χ1n) is 12.1. The topological polar surface area (TPSA) is 78.5 Å². The number of H-pyrrole nitrogens is 1. The fourth-order valence-corrected chi connectivity index (χ4v) is 4.09. The minimum absolute atomic E-state index is 0.0246. The highest BCUT2D eigenvalue weighted by Gasteiger charge is 2.14. The number of benzene rings is 3. The Bertz CT molecular complexity index is 1510. The van der Waals surface area contributed by atoms with E-state index in [0.717, 1.165) is 33.5 Å². The zero-order chi connectivity index (χ0) is 25.8. The highest BCUT2D eigenvalue weighted by molar-refractivity contribution is 5.83. The summed E-state index contributed by atoms with van der Waals surface area (Å²) in [6, 6.07) is 23.6. The van der Waals surface area contributed by atoms with Crippen LogP contribution in [0.4, 0.5) is 0 Å². The predicted molar refractivity (Wildman–Crippen MR) is 144 cm³/mol. The van der Waals surface area contributed by atoms with Gasteiger partial charge in [0.05, 0.1) is 20.3 Å². The van der Waals surface area contributed by atoms with Gasteiger partial charge in [0.15, 0.2) is 5.65 Å². The molecule has 7 nitrogen and oxygen atoms in total. The average molecular weight is 496 g/mol. The Hall–Kier alpha value is -4.52. The molecule has 0 atom stereocenters. The molecule has 37 heavy (non-hydrogen) atoms. The van der Waals surface area contributed by atoms with Crippen LogP contribution in [0.25, 0.3) is 33.7 Å². The average Bonchev–Trinajstić information content (AvgIpc) is 3.35. The summed E-state index contributed by atoms with van der Waals surface area (Å²) in [7, 11) is 3.27. The fraction of sp³-hybridized carbons (Fsp3) is 0.200. The molecule has 0 amide bonds. The lowest BCUT2D eigenvalue weighted by Gasteiger charge is -2.14. The number of hydrogen-bond donors (Lipinski definition) is 1. The second-order valence-corrected chi connectivity index (χ2v) is 8.88. The molecule has 2 aromatic heterocycles. The Morgan fingerprint density at radius 2 is 1.62 bits per heavy atom. The minimum atomic E-state index is 0.0246. The van der Waals surface area contributed by atoms with Crippen molar-refractivity contribution in [3.05, 3.63) is 84.6 Å². The van der Waals surface area contributed by atoms with Gasteiger partial charge in [0.25, 0.3) is 0 Å². The molecule has 0 saturated carbocycles. The molecule has 0 saturated heterocycles. The fourth-order valence-electron chi connectivity index (χ4n) is 4.09. The Morgan fingerprint density at radius 1 is 0.811 bits per heavy atom. The van der Waals surface area contributed by atoms with Crippen molar-refractivity contribution in [3.8, 4) is 45.5 Å².